The molecule has 0 aromatic carbocycles. The van der Waals surface area contributed by atoms with Crippen molar-refractivity contribution in [3.8, 4) is 0 Å². The highest BCUT2D eigenvalue weighted by atomic mass is 33.1. The maximum Gasteiger partial charge on any atom is 0.154 e. The zero-order valence-corrected chi connectivity index (χ0v) is 17.5. The summed E-state index contributed by atoms with van der Waals surface area (Å²) in [5, 5.41) is 0. The first kappa shape index (κ1) is 24.4. The van der Waals surface area contributed by atoms with E-state index < -0.39 is 17.1 Å². The Hall–Kier alpha value is 1.37. The topological polar surface area (TPSA) is 158 Å². The summed E-state index contributed by atoms with van der Waals surface area (Å²) in [5.41, 5.74) is 23.2. The normalized spacial score (nSPS) is 18.1. The molecule has 13 heteroatoms. The highest BCUT2D eigenvalue weighted by Gasteiger charge is 2.16. The summed E-state index contributed by atoms with van der Waals surface area (Å²) in [4.78, 5) is 0. The quantitative estimate of drug-likeness (QED) is 0.127. The van der Waals surface area contributed by atoms with Gasteiger partial charge in [-0.1, -0.05) is 43.2 Å². The Morgan fingerprint density at radius 2 is 1.22 bits per heavy atom. The molecule has 1 radical (unpaired) electrons. The van der Waals surface area contributed by atoms with E-state index in [4.69, 9.17) is 27.5 Å². The van der Waals surface area contributed by atoms with Crippen LogP contribution in [0.2, 0.25) is 0 Å². The molecule has 0 aliphatic heterocycles. The highest BCUT2D eigenvalue weighted by molar-refractivity contribution is 8.78. The van der Waals surface area contributed by atoms with Crippen LogP contribution in [-0.2, 0) is 22.7 Å². The van der Waals surface area contributed by atoms with Gasteiger partial charge in [-0.05, 0) is 0 Å². The molecule has 7 nitrogen and oxygen atoms in total. The molecule has 0 aromatic rings. The Balaban J connectivity index is 3.49. The smallest absolute Gasteiger partial charge is 0.154 e. The van der Waals surface area contributed by atoms with Crippen molar-refractivity contribution >= 4 is 65.9 Å². The number of hydrogen-bond acceptors (Lipinski definition) is 10. The molecule has 0 aliphatic rings. The third-order valence-electron chi connectivity index (χ3n) is 2.63. The second-order valence-electron chi connectivity index (χ2n) is 4.64. The lowest BCUT2D eigenvalue weighted by molar-refractivity contribution is 0.541. The van der Waals surface area contributed by atoms with Crippen molar-refractivity contribution in [2.45, 2.75) is 24.2 Å². The second-order valence-corrected chi connectivity index (χ2v) is 11.4. The Labute approximate surface area is 159 Å². The largest absolute Gasteiger partial charge is 0.326 e. The molecule has 0 saturated heterocycles. The Morgan fingerprint density at radius 1 is 0.783 bits per heavy atom. The van der Waals surface area contributed by atoms with Crippen molar-refractivity contribution in [1.82, 2.24) is 0 Å². The Morgan fingerprint density at radius 3 is 1.65 bits per heavy atom. The van der Waals surface area contributed by atoms with Crippen LogP contribution < -0.4 is 22.9 Å². The maximum absolute atomic E-state index is 10.6. The predicted molar refractivity (Wildman–Crippen MR) is 110 cm³/mol. The summed E-state index contributed by atoms with van der Waals surface area (Å²) in [6.07, 6.45) is 0. The molecule has 0 fully saturated rings. The third kappa shape index (κ3) is 14.2. The molecular weight excluding hydrogens is 417 g/mol. The van der Waals surface area contributed by atoms with Crippen molar-refractivity contribution in [2.75, 3.05) is 34.5 Å². The molecule has 0 aliphatic carbocycles. The molecule has 0 spiro atoms. The van der Waals surface area contributed by atoms with Crippen molar-refractivity contribution in [3.63, 3.8) is 0 Å². The summed E-state index contributed by atoms with van der Waals surface area (Å²) in [6.45, 7) is 0. The van der Waals surface area contributed by atoms with Gasteiger partial charge in [-0.2, -0.15) is 0 Å². The number of hydrogen-bond donors (Lipinski definition) is 5. The van der Waals surface area contributed by atoms with E-state index in [2.05, 4.69) is 0 Å². The molecule has 23 heavy (non-hydrogen) atoms. The van der Waals surface area contributed by atoms with E-state index in [-0.39, 0.29) is 23.9 Å². The molecule has 0 bridgehead atoms. The van der Waals surface area contributed by atoms with E-state index in [0.717, 1.165) is 17.3 Å². The zero-order valence-electron chi connectivity index (χ0n) is 12.6. The van der Waals surface area contributed by atoms with E-state index in [0.29, 0.717) is 23.2 Å². The molecule has 139 valence electrons. The number of rotatable bonds is 15. The van der Waals surface area contributed by atoms with Gasteiger partial charge in [-0.3, -0.25) is 0 Å². The first-order chi connectivity index (χ1) is 10.9. The van der Waals surface area contributed by atoms with E-state index in [1.54, 1.807) is 43.2 Å². The summed E-state index contributed by atoms with van der Waals surface area (Å²) in [7, 11) is 6.70. The van der Waals surface area contributed by atoms with Gasteiger partial charge in [-0.15, -0.1) is 0 Å². The zero-order chi connectivity index (χ0) is 17.7. The summed E-state index contributed by atoms with van der Waals surface area (Å²) in [5.74, 6) is 3.63. The fraction of sp³-hybridized carbons (Fsp3) is 1.00. The molecule has 9 N–H and O–H groups in total. The minimum atomic E-state index is -1.90. The van der Waals surface area contributed by atoms with E-state index in [9.17, 15) is 8.42 Å². The third-order valence-corrected chi connectivity index (χ3v) is 9.02. The van der Waals surface area contributed by atoms with E-state index >= 15 is 0 Å². The van der Waals surface area contributed by atoms with Crippen LogP contribution in [0.3, 0.4) is 0 Å². The lowest BCUT2D eigenvalue weighted by Crippen LogP contribution is -2.46. The molecule has 0 amide bonds. The van der Waals surface area contributed by atoms with Gasteiger partial charge in [0.05, 0.1) is 23.2 Å². The first-order valence-electron chi connectivity index (χ1n) is 6.71. The molecule has 0 rings (SSSR count). The molecule has 0 heterocycles. The van der Waals surface area contributed by atoms with Crippen molar-refractivity contribution in [3.05, 3.63) is 0 Å². The van der Waals surface area contributed by atoms with Crippen molar-refractivity contribution < 1.29 is 13.0 Å². The predicted octanol–water partition coefficient (Wildman–Crippen LogP) is -0.507. The fourth-order valence-electron chi connectivity index (χ4n) is 1.18. The second kappa shape index (κ2) is 15.6. The summed E-state index contributed by atoms with van der Waals surface area (Å²) < 4.78 is 29.8. The van der Waals surface area contributed by atoms with Gasteiger partial charge in [0.15, 0.2) is 11.1 Å². The van der Waals surface area contributed by atoms with Crippen LogP contribution in [0.4, 0.5) is 0 Å². The van der Waals surface area contributed by atoms with Crippen molar-refractivity contribution in [2.24, 2.45) is 22.9 Å². The van der Waals surface area contributed by atoms with Crippen LogP contribution in [0.1, 0.15) is 0 Å². The minimum absolute atomic E-state index is 0.00608. The van der Waals surface area contributed by atoms with E-state index in [1.807, 2.05) is 0 Å². The highest BCUT2D eigenvalue weighted by Crippen LogP contribution is 2.27. The van der Waals surface area contributed by atoms with E-state index in [1.165, 1.54) is 0 Å². The van der Waals surface area contributed by atoms with Gasteiger partial charge in [0.1, 0.15) is 0 Å². The molecular formula is C10H25N4O3S6. The van der Waals surface area contributed by atoms with Crippen LogP contribution in [-0.4, -0.2) is 71.7 Å². The Kier molecular flexibility index (Phi) is 16.5. The van der Waals surface area contributed by atoms with Gasteiger partial charge >= 0.3 is 0 Å². The molecule has 5 atom stereocenters. The minimum Gasteiger partial charge on any atom is -0.326 e. The first-order valence-corrected chi connectivity index (χ1v) is 13.9. The SMILES string of the molecule is N[C@@H](CSSCCSSC[C@H](N)[C@@H](N)CS(=O)O)[C@@H](N)C[S]=O. The monoisotopic (exact) mass is 441 g/mol. The summed E-state index contributed by atoms with van der Waals surface area (Å²) in [6, 6.07) is -1.16. The standard InChI is InChI=1S/C10H25N4O3S6/c11-7(3-18-15)8(12)4-21-19-1-2-20-22-5-9(13)10(14)6-23(16)17/h7-10H,1-6,11-14H2,(H,16,17)/t7-,8-,9-,10-/m0/s1. The van der Waals surface area contributed by atoms with Crippen molar-refractivity contribution in [1.29, 1.82) is 0 Å². The summed E-state index contributed by atoms with van der Waals surface area (Å²) >= 11 is -1.43. The van der Waals surface area contributed by atoms with Gasteiger partial charge in [0.25, 0.3) is 0 Å². The average Bonchev–Trinajstić information content (AvgIpc) is 2.48. The molecule has 0 aromatic heterocycles. The van der Waals surface area contributed by atoms with Gasteiger partial charge in [-0.25, -0.2) is 8.42 Å². The van der Waals surface area contributed by atoms with Crippen LogP contribution in [0, 0.1) is 0 Å². The molecule has 1 unspecified atom stereocenters. The van der Waals surface area contributed by atoms with Crippen LogP contribution in [0.25, 0.3) is 0 Å². The fourth-order valence-corrected chi connectivity index (χ4v) is 7.39. The molecule has 0 saturated carbocycles. The average molecular weight is 442 g/mol. The lowest BCUT2D eigenvalue weighted by Gasteiger charge is -2.17. The van der Waals surface area contributed by atoms with Gasteiger partial charge in [0, 0.05) is 47.2 Å². The van der Waals surface area contributed by atoms with Crippen LogP contribution in [0.15, 0.2) is 0 Å². The Bertz CT molecular complexity index is 344. The number of nitrogens with two attached hydrogens (primary N) is 4. The maximum atomic E-state index is 10.6. The van der Waals surface area contributed by atoms with Gasteiger partial charge in [0.2, 0.25) is 0 Å². The van der Waals surface area contributed by atoms with Crippen LogP contribution >= 0.6 is 43.2 Å². The van der Waals surface area contributed by atoms with Crippen LogP contribution in [0.5, 0.6) is 0 Å². The lowest BCUT2D eigenvalue weighted by atomic mass is 10.2. The van der Waals surface area contributed by atoms with Gasteiger partial charge < -0.3 is 27.5 Å².